The number of aromatic hydroxyl groups is 1. The molecule has 0 saturated heterocycles. The van der Waals surface area contributed by atoms with Gasteiger partial charge in [0, 0.05) is 17.2 Å². The maximum Gasteiger partial charge on any atom is 0.327 e. The molecule has 2 atom stereocenters. The molecular formula is C11H14N2O4S. The molecule has 0 aromatic heterocycles. The summed E-state index contributed by atoms with van der Waals surface area (Å²) in [6, 6.07) is 2.38. The maximum atomic E-state index is 10.9. The number of phenols is 1. The lowest BCUT2D eigenvalue weighted by atomic mass is 10.1. The van der Waals surface area contributed by atoms with Gasteiger partial charge in [-0.15, -0.1) is 11.8 Å². The third kappa shape index (κ3) is 2.38. The number of nitrogens with two attached hydrogens (primary N) is 1. The van der Waals surface area contributed by atoms with E-state index in [0.29, 0.717) is 17.0 Å². The minimum Gasteiger partial charge on any atom is -0.506 e. The van der Waals surface area contributed by atoms with Crippen LogP contribution < -0.4 is 11.1 Å². The van der Waals surface area contributed by atoms with Crippen molar-refractivity contribution in [2.24, 2.45) is 5.73 Å². The highest BCUT2D eigenvalue weighted by atomic mass is 32.2. The normalized spacial score (nSPS) is 19.8. The number of aliphatic hydroxyl groups is 1. The van der Waals surface area contributed by atoms with Crippen LogP contribution in [-0.2, 0) is 4.79 Å². The lowest BCUT2D eigenvalue weighted by molar-refractivity contribution is -0.137. The minimum atomic E-state index is -0.960. The zero-order chi connectivity index (χ0) is 13.3. The van der Waals surface area contributed by atoms with Crippen LogP contribution in [0.4, 0.5) is 5.69 Å². The van der Waals surface area contributed by atoms with Crippen LogP contribution in [0.5, 0.6) is 5.75 Å². The van der Waals surface area contributed by atoms with Gasteiger partial charge in [-0.25, -0.2) is 4.79 Å². The molecule has 0 amide bonds. The lowest BCUT2D eigenvalue weighted by Gasteiger charge is -2.25. The van der Waals surface area contributed by atoms with Gasteiger partial charge < -0.3 is 26.4 Å². The van der Waals surface area contributed by atoms with E-state index in [2.05, 4.69) is 5.32 Å². The topological polar surface area (TPSA) is 116 Å². The second-order valence-corrected chi connectivity index (χ2v) is 5.07. The number of nitrogens with one attached hydrogen (secondary N) is 1. The summed E-state index contributed by atoms with van der Waals surface area (Å²) in [5, 5.41) is 31.2. The number of carboxylic acid groups (broad SMARTS) is 1. The largest absolute Gasteiger partial charge is 0.506 e. The molecular weight excluding hydrogens is 256 g/mol. The highest BCUT2D eigenvalue weighted by Gasteiger charge is 2.26. The van der Waals surface area contributed by atoms with E-state index in [1.54, 1.807) is 6.07 Å². The molecule has 0 aliphatic carbocycles. The number of fused-ring (bicyclic) bond motifs is 1. The highest BCUT2D eigenvalue weighted by molar-refractivity contribution is 7.99. The molecule has 0 bridgehead atoms. The zero-order valence-corrected chi connectivity index (χ0v) is 10.3. The maximum absolute atomic E-state index is 10.9. The molecule has 0 fully saturated rings. The Morgan fingerprint density at radius 3 is 2.94 bits per heavy atom. The number of anilines is 1. The first-order valence-corrected chi connectivity index (χ1v) is 6.38. The molecule has 0 saturated carbocycles. The van der Waals surface area contributed by atoms with Crippen molar-refractivity contribution in [1.29, 1.82) is 0 Å². The first-order valence-electron chi connectivity index (χ1n) is 5.40. The van der Waals surface area contributed by atoms with Crippen LogP contribution in [0.25, 0.3) is 0 Å². The number of benzene rings is 1. The van der Waals surface area contributed by atoms with Gasteiger partial charge in [-0.1, -0.05) is 0 Å². The molecule has 1 heterocycles. The first-order chi connectivity index (χ1) is 8.52. The smallest absolute Gasteiger partial charge is 0.327 e. The van der Waals surface area contributed by atoms with Gasteiger partial charge in [0.2, 0.25) is 0 Å². The van der Waals surface area contributed by atoms with Gasteiger partial charge >= 0.3 is 5.97 Å². The Morgan fingerprint density at radius 2 is 2.33 bits per heavy atom. The van der Waals surface area contributed by atoms with Crippen LogP contribution in [0.3, 0.4) is 0 Å². The Balaban J connectivity index is 2.34. The van der Waals surface area contributed by atoms with Crippen molar-refractivity contribution in [1.82, 2.24) is 0 Å². The summed E-state index contributed by atoms with van der Waals surface area (Å²) in [6.45, 7) is 0.0636. The number of rotatable bonds is 3. The Hall–Kier alpha value is -1.44. The van der Waals surface area contributed by atoms with Crippen molar-refractivity contribution in [3.05, 3.63) is 17.7 Å². The SMILES string of the molecule is NCC(O)c1cc(O)c2c(c1)SC[C@@H](C(=O)O)N2. The lowest BCUT2D eigenvalue weighted by Crippen LogP contribution is -2.34. The number of carboxylic acids is 1. The Kier molecular flexibility index (Phi) is 3.65. The van der Waals surface area contributed by atoms with Crippen LogP contribution in [0.1, 0.15) is 11.7 Å². The van der Waals surface area contributed by atoms with Crippen LogP contribution in [0, 0.1) is 0 Å². The third-order valence-corrected chi connectivity index (χ3v) is 3.87. The standard InChI is InChI=1S/C11H14N2O4S/c12-3-8(15)5-1-7(14)10-9(2-5)18-4-6(13-10)11(16)17/h1-2,6,8,13-15H,3-4,12H2,(H,16,17)/t6-,8?/m0/s1. The van der Waals surface area contributed by atoms with Gasteiger partial charge in [-0.05, 0) is 17.7 Å². The van der Waals surface area contributed by atoms with E-state index in [0.717, 1.165) is 4.90 Å². The molecule has 1 aromatic rings. The number of carbonyl (C=O) groups is 1. The summed E-state index contributed by atoms with van der Waals surface area (Å²) in [7, 11) is 0. The molecule has 6 N–H and O–H groups in total. The van der Waals surface area contributed by atoms with Gasteiger partial charge in [0.15, 0.2) is 0 Å². The van der Waals surface area contributed by atoms with Crippen LogP contribution in [0.15, 0.2) is 17.0 Å². The van der Waals surface area contributed by atoms with Crippen LogP contribution in [0.2, 0.25) is 0 Å². The van der Waals surface area contributed by atoms with Crippen molar-refractivity contribution in [2.45, 2.75) is 17.0 Å². The molecule has 0 radical (unpaired) electrons. The molecule has 18 heavy (non-hydrogen) atoms. The predicted molar refractivity (Wildman–Crippen MR) is 67.9 cm³/mol. The predicted octanol–water partition coefficient (Wildman–Crippen LogP) is 0.355. The summed E-state index contributed by atoms with van der Waals surface area (Å²) < 4.78 is 0. The fourth-order valence-electron chi connectivity index (χ4n) is 1.73. The number of hydrogen-bond acceptors (Lipinski definition) is 6. The minimum absolute atomic E-state index is 0.0636. The number of thioether (sulfide) groups is 1. The Bertz CT molecular complexity index is 480. The summed E-state index contributed by atoms with van der Waals surface area (Å²) in [5.41, 5.74) is 6.28. The second kappa shape index (κ2) is 5.05. The molecule has 2 rings (SSSR count). The van der Waals surface area contributed by atoms with E-state index in [1.807, 2.05) is 0 Å². The molecule has 98 valence electrons. The van der Waals surface area contributed by atoms with Gasteiger partial charge in [-0.2, -0.15) is 0 Å². The Morgan fingerprint density at radius 1 is 1.61 bits per heavy atom. The molecule has 6 nitrogen and oxygen atoms in total. The van der Waals surface area contributed by atoms with E-state index in [-0.39, 0.29) is 12.3 Å². The van der Waals surface area contributed by atoms with E-state index in [1.165, 1.54) is 17.8 Å². The van der Waals surface area contributed by atoms with E-state index < -0.39 is 18.1 Å². The van der Waals surface area contributed by atoms with Crippen molar-refractivity contribution >= 4 is 23.4 Å². The average molecular weight is 270 g/mol. The van der Waals surface area contributed by atoms with Crippen LogP contribution in [-0.4, -0.2) is 39.6 Å². The van der Waals surface area contributed by atoms with Gasteiger partial charge in [0.25, 0.3) is 0 Å². The summed E-state index contributed by atoms with van der Waals surface area (Å²) in [5.74, 6) is -0.670. The summed E-state index contributed by atoms with van der Waals surface area (Å²) in [6.07, 6.45) is -0.834. The highest BCUT2D eigenvalue weighted by Crippen LogP contribution is 2.41. The molecule has 0 spiro atoms. The summed E-state index contributed by atoms with van der Waals surface area (Å²) in [4.78, 5) is 11.6. The van der Waals surface area contributed by atoms with Gasteiger partial charge in [0.1, 0.15) is 11.8 Å². The number of phenolic OH excluding ortho intramolecular Hbond substituents is 1. The van der Waals surface area contributed by atoms with E-state index in [9.17, 15) is 15.0 Å². The quantitative estimate of drug-likeness (QED) is 0.503. The van der Waals surface area contributed by atoms with E-state index >= 15 is 0 Å². The molecule has 1 aliphatic rings. The molecule has 1 unspecified atom stereocenters. The van der Waals surface area contributed by atoms with Crippen molar-refractivity contribution in [3.8, 4) is 5.75 Å². The molecule has 7 heteroatoms. The van der Waals surface area contributed by atoms with Crippen molar-refractivity contribution < 1.29 is 20.1 Å². The number of aliphatic hydroxyl groups excluding tert-OH is 1. The monoisotopic (exact) mass is 270 g/mol. The average Bonchev–Trinajstić information content (AvgIpc) is 2.37. The summed E-state index contributed by atoms with van der Waals surface area (Å²) >= 11 is 1.33. The fraction of sp³-hybridized carbons (Fsp3) is 0.364. The molecule has 1 aromatic carbocycles. The number of hydrogen-bond donors (Lipinski definition) is 5. The van der Waals surface area contributed by atoms with Crippen molar-refractivity contribution in [2.75, 3.05) is 17.6 Å². The molecule has 1 aliphatic heterocycles. The van der Waals surface area contributed by atoms with Crippen molar-refractivity contribution in [3.63, 3.8) is 0 Å². The van der Waals surface area contributed by atoms with Crippen LogP contribution >= 0.6 is 11.8 Å². The van der Waals surface area contributed by atoms with E-state index in [4.69, 9.17) is 10.8 Å². The third-order valence-electron chi connectivity index (χ3n) is 2.73. The Labute approximate surface area is 108 Å². The zero-order valence-electron chi connectivity index (χ0n) is 9.46. The van der Waals surface area contributed by atoms with Gasteiger partial charge in [0.05, 0.1) is 11.8 Å². The number of aliphatic carboxylic acids is 1. The first kappa shape index (κ1) is 13.0. The fourth-order valence-corrected chi connectivity index (χ4v) is 2.83. The second-order valence-electron chi connectivity index (χ2n) is 4.01. The van der Waals surface area contributed by atoms with Gasteiger partial charge in [-0.3, -0.25) is 0 Å².